The predicted octanol–water partition coefficient (Wildman–Crippen LogP) is 3.65. The molecule has 6 heteroatoms. The lowest BCUT2D eigenvalue weighted by molar-refractivity contribution is 0.0924. The molecule has 2 aliphatic rings. The fourth-order valence-electron chi connectivity index (χ4n) is 4.02. The van der Waals surface area contributed by atoms with Crippen LogP contribution >= 0.6 is 11.6 Å². The normalized spacial score (nSPS) is 16.7. The molecule has 0 spiro atoms. The van der Waals surface area contributed by atoms with Crippen LogP contribution in [0.1, 0.15) is 57.1 Å². The van der Waals surface area contributed by atoms with E-state index in [0.717, 1.165) is 41.9 Å². The van der Waals surface area contributed by atoms with E-state index < -0.39 is 0 Å². The summed E-state index contributed by atoms with van der Waals surface area (Å²) >= 11 is 6.39. The minimum Gasteiger partial charge on any atom is -0.302 e. The molecule has 0 radical (unpaired) electrons. The standard InChI is InChI=1S/C21H22ClN3O2/c1-4-12-6-7-16(22)14(5-2)19(12)25-20(26)15-10-13-11-24(3)9-8-17(13)23-18(15)21(25)27/h6-7,10H,4-5,8-9,11H2,1-3H3. The molecule has 0 fully saturated rings. The number of aryl methyl sites for hydroxylation is 1. The largest absolute Gasteiger partial charge is 0.302 e. The van der Waals surface area contributed by atoms with Gasteiger partial charge in [0.05, 0.1) is 11.3 Å². The molecule has 0 atom stereocenters. The molecular weight excluding hydrogens is 362 g/mol. The van der Waals surface area contributed by atoms with Crippen molar-refractivity contribution in [2.24, 2.45) is 0 Å². The number of fused-ring (bicyclic) bond motifs is 2. The van der Waals surface area contributed by atoms with E-state index in [1.807, 2.05) is 39.1 Å². The van der Waals surface area contributed by atoms with Crippen molar-refractivity contribution in [1.29, 1.82) is 0 Å². The molecule has 0 saturated heterocycles. The van der Waals surface area contributed by atoms with Crippen molar-refractivity contribution in [1.82, 2.24) is 9.88 Å². The van der Waals surface area contributed by atoms with Crippen LogP contribution in [-0.4, -0.2) is 35.3 Å². The number of rotatable bonds is 3. The van der Waals surface area contributed by atoms with Gasteiger partial charge in [0.25, 0.3) is 11.8 Å². The molecule has 1 aromatic carbocycles. The number of amides is 2. The molecule has 3 heterocycles. The van der Waals surface area contributed by atoms with Crippen molar-refractivity contribution >= 4 is 29.1 Å². The van der Waals surface area contributed by atoms with Crippen molar-refractivity contribution in [2.45, 2.75) is 39.7 Å². The Bertz CT molecular complexity index is 970. The van der Waals surface area contributed by atoms with E-state index in [4.69, 9.17) is 11.6 Å². The van der Waals surface area contributed by atoms with Crippen molar-refractivity contribution in [3.63, 3.8) is 0 Å². The van der Waals surface area contributed by atoms with E-state index >= 15 is 0 Å². The quantitative estimate of drug-likeness (QED) is 0.759. The number of hydrogen-bond donors (Lipinski definition) is 0. The van der Waals surface area contributed by atoms with Gasteiger partial charge in [-0.1, -0.05) is 31.5 Å². The summed E-state index contributed by atoms with van der Waals surface area (Å²) in [5.41, 5.74) is 5.03. The highest BCUT2D eigenvalue weighted by molar-refractivity contribution is 6.36. The maximum Gasteiger partial charge on any atom is 0.284 e. The highest BCUT2D eigenvalue weighted by Gasteiger charge is 2.41. The van der Waals surface area contributed by atoms with Gasteiger partial charge in [0.15, 0.2) is 0 Å². The summed E-state index contributed by atoms with van der Waals surface area (Å²) in [7, 11) is 2.04. The van der Waals surface area contributed by atoms with Crippen LogP contribution < -0.4 is 4.90 Å². The Morgan fingerprint density at radius 3 is 2.63 bits per heavy atom. The summed E-state index contributed by atoms with van der Waals surface area (Å²) in [5.74, 6) is -0.645. The first kappa shape index (κ1) is 18.1. The van der Waals surface area contributed by atoms with Crippen LogP contribution in [0.4, 0.5) is 5.69 Å². The zero-order chi connectivity index (χ0) is 19.3. The lowest BCUT2D eigenvalue weighted by Crippen LogP contribution is -2.31. The first-order chi connectivity index (χ1) is 13.0. The Kier molecular flexibility index (Phi) is 4.52. The minimum atomic E-state index is -0.344. The highest BCUT2D eigenvalue weighted by atomic mass is 35.5. The zero-order valence-electron chi connectivity index (χ0n) is 15.8. The Morgan fingerprint density at radius 2 is 1.93 bits per heavy atom. The van der Waals surface area contributed by atoms with E-state index in [2.05, 4.69) is 9.88 Å². The van der Waals surface area contributed by atoms with Crippen LogP contribution in [0.2, 0.25) is 5.02 Å². The van der Waals surface area contributed by atoms with Crippen LogP contribution in [0, 0.1) is 0 Å². The number of carbonyl (C=O) groups excluding carboxylic acids is 2. The van der Waals surface area contributed by atoms with Crippen LogP contribution in [0.3, 0.4) is 0 Å². The molecule has 2 aliphatic heterocycles. The van der Waals surface area contributed by atoms with Crippen molar-refractivity contribution in [3.8, 4) is 0 Å². The molecule has 2 amide bonds. The van der Waals surface area contributed by atoms with E-state index in [1.54, 1.807) is 0 Å². The zero-order valence-corrected chi connectivity index (χ0v) is 16.6. The topological polar surface area (TPSA) is 53.5 Å². The number of likely N-dealkylation sites (N-methyl/N-ethyl adjacent to an activating group) is 1. The molecule has 0 unspecified atom stereocenters. The van der Waals surface area contributed by atoms with Gasteiger partial charge < -0.3 is 4.90 Å². The van der Waals surface area contributed by atoms with Gasteiger partial charge in [-0.25, -0.2) is 9.88 Å². The maximum absolute atomic E-state index is 13.2. The average molecular weight is 384 g/mol. The number of aromatic nitrogens is 1. The van der Waals surface area contributed by atoms with Crippen LogP contribution in [-0.2, 0) is 25.8 Å². The number of anilines is 1. The lowest BCUT2D eigenvalue weighted by Gasteiger charge is -2.24. The highest BCUT2D eigenvalue weighted by Crippen LogP contribution is 2.37. The second-order valence-corrected chi connectivity index (χ2v) is 7.57. The van der Waals surface area contributed by atoms with Gasteiger partial charge in [-0.05, 0) is 48.7 Å². The summed E-state index contributed by atoms with van der Waals surface area (Å²) in [6.45, 7) is 5.64. The third-order valence-electron chi connectivity index (χ3n) is 5.47. The maximum atomic E-state index is 13.2. The Labute approximate surface area is 163 Å². The van der Waals surface area contributed by atoms with Gasteiger partial charge in [-0.3, -0.25) is 9.59 Å². The van der Waals surface area contributed by atoms with Gasteiger partial charge in [0.1, 0.15) is 5.69 Å². The van der Waals surface area contributed by atoms with Crippen molar-refractivity contribution in [3.05, 3.63) is 56.9 Å². The summed E-state index contributed by atoms with van der Waals surface area (Å²) in [6.07, 6.45) is 2.14. The average Bonchev–Trinajstić information content (AvgIpc) is 2.89. The molecular formula is C21H22ClN3O2. The number of imide groups is 1. The molecule has 27 heavy (non-hydrogen) atoms. The van der Waals surface area contributed by atoms with Gasteiger partial charge in [0, 0.05) is 30.2 Å². The molecule has 2 aromatic rings. The van der Waals surface area contributed by atoms with E-state index in [-0.39, 0.29) is 17.5 Å². The molecule has 0 aliphatic carbocycles. The Hall–Kier alpha value is -2.24. The lowest BCUT2D eigenvalue weighted by atomic mass is 10.0. The molecule has 1 aromatic heterocycles. The fraction of sp³-hybridized carbons (Fsp3) is 0.381. The number of nitrogens with zero attached hydrogens (tertiary/aromatic N) is 3. The summed E-state index contributed by atoms with van der Waals surface area (Å²) in [6, 6.07) is 5.59. The van der Waals surface area contributed by atoms with Crippen LogP contribution in [0.15, 0.2) is 18.2 Å². The van der Waals surface area contributed by atoms with Crippen molar-refractivity contribution in [2.75, 3.05) is 18.5 Å². The van der Waals surface area contributed by atoms with Gasteiger partial charge in [-0.2, -0.15) is 0 Å². The number of hydrogen-bond acceptors (Lipinski definition) is 4. The SMILES string of the molecule is CCc1ccc(Cl)c(CC)c1N1C(=O)c2cc3c(nc2C1=O)CCN(C)C3. The Balaban J connectivity index is 1.87. The van der Waals surface area contributed by atoms with Gasteiger partial charge >= 0.3 is 0 Å². The molecule has 5 nitrogen and oxygen atoms in total. The second-order valence-electron chi connectivity index (χ2n) is 7.16. The number of benzene rings is 1. The van der Waals surface area contributed by atoms with E-state index in [9.17, 15) is 9.59 Å². The van der Waals surface area contributed by atoms with E-state index in [1.165, 1.54) is 4.90 Å². The molecule has 0 saturated carbocycles. The van der Waals surface area contributed by atoms with Gasteiger partial charge in [-0.15, -0.1) is 0 Å². The first-order valence-electron chi connectivity index (χ1n) is 9.36. The number of halogens is 1. The third-order valence-corrected chi connectivity index (χ3v) is 5.82. The number of pyridine rings is 1. The number of carbonyl (C=O) groups is 2. The Morgan fingerprint density at radius 1 is 1.15 bits per heavy atom. The smallest absolute Gasteiger partial charge is 0.284 e. The van der Waals surface area contributed by atoms with Crippen LogP contribution in [0.5, 0.6) is 0 Å². The summed E-state index contributed by atoms with van der Waals surface area (Å²) in [4.78, 5) is 34.5. The molecule has 4 rings (SSSR count). The molecule has 0 bridgehead atoms. The van der Waals surface area contributed by atoms with Gasteiger partial charge in [0.2, 0.25) is 0 Å². The molecule has 140 valence electrons. The van der Waals surface area contributed by atoms with Crippen LogP contribution in [0.25, 0.3) is 0 Å². The fourth-order valence-corrected chi connectivity index (χ4v) is 4.31. The minimum absolute atomic E-state index is 0.271. The molecule has 0 N–H and O–H groups in total. The summed E-state index contributed by atoms with van der Waals surface area (Å²) in [5, 5.41) is 0.579. The second kappa shape index (κ2) is 6.73. The van der Waals surface area contributed by atoms with Crippen molar-refractivity contribution < 1.29 is 9.59 Å². The van der Waals surface area contributed by atoms with E-state index in [0.29, 0.717) is 29.1 Å². The predicted molar refractivity (Wildman–Crippen MR) is 106 cm³/mol. The first-order valence-corrected chi connectivity index (χ1v) is 9.74. The third kappa shape index (κ3) is 2.77. The monoisotopic (exact) mass is 383 g/mol. The summed E-state index contributed by atoms with van der Waals surface area (Å²) < 4.78 is 0.